The molecule has 21 heavy (non-hydrogen) atoms. The van der Waals surface area contributed by atoms with Gasteiger partial charge in [0, 0.05) is 19.5 Å². The van der Waals surface area contributed by atoms with Gasteiger partial charge in [-0.3, -0.25) is 9.59 Å². The highest BCUT2D eigenvalue weighted by molar-refractivity contribution is 5.87. The van der Waals surface area contributed by atoms with Crippen molar-refractivity contribution in [2.45, 2.75) is 53.1 Å². The van der Waals surface area contributed by atoms with Crippen LogP contribution in [-0.2, 0) is 16.1 Å². The second-order valence-electron chi connectivity index (χ2n) is 5.33. The minimum atomic E-state index is -0.453. The molecule has 0 radical (unpaired) electrons. The van der Waals surface area contributed by atoms with Gasteiger partial charge in [-0.05, 0) is 32.8 Å². The van der Waals surface area contributed by atoms with Crippen molar-refractivity contribution in [3.8, 4) is 0 Å². The van der Waals surface area contributed by atoms with Gasteiger partial charge in [-0.15, -0.1) is 0 Å². The van der Waals surface area contributed by atoms with Crippen molar-refractivity contribution >= 4 is 11.8 Å². The first-order valence-corrected chi connectivity index (χ1v) is 7.62. The summed E-state index contributed by atoms with van der Waals surface area (Å²) in [6, 6.07) is 7.60. The highest BCUT2D eigenvalue weighted by Crippen LogP contribution is 2.12. The van der Waals surface area contributed by atoms with E-state index in [9.17, 15) is 9.59 Å². The topological polar surface area (TPSA) is 49.4 Å². The van der Waals surface area contributed by atoms with E-state index in [1.54, 1.807) is 11.8 Å². The van der Waals surface area contributed by atoms with Crippen LogP contribution in [0.1, 0.15) is 44.7 Å². The van der Waals surface area contributed by atoms with Gasteiger partial charge in [0.05, 0.1) is 0 Å². The predicted molar refractivity (Wildman–Crippen MR) is 84.8 cm³/mol. The number of hydrogen-bond acceptors (Lipinski definition) is 2. The summed E-state index contributed by atoms with van der Waals surface area (Å²) >= 11 is 0. The van der Waals surface area contributed by atoms with Crippen LogP contribution in [-0.4, -0.2) is 29.3 Å². The highest BCUT2D eigenvalue weighted by atomic mass is 16.2. The number of carbonyl (C=O) groups excluding carboxylic acids is 2. The van der Waals surface area contributed by atoms with Gasteiger partial charge in [0.25, 0.3) is 0 Å². The average Bonchev–Trinajstić information content (AvgIpc) is 2.46. The van der Waals surface area contributed by atoms with Crippen molar-refractivity contribution in [1.82, 2.24) is 10.2 Å². The fraction of sp³-hybridized carbons (Fsp3) is 0.529. The monoisotopic (exact) mass is 290 g/mol. The molecule has 0 aliphatic rings. The van der Waals surface area contributed by atoms with Gasteiger partial charge in [-0.25, -0.2) is 0 Å². The van der Waals surface area contributed by atoms with Crippen LogP contribution in [0.3, 0.4) is 0 Å². The van der Waals surface area contributed by atoms with Crippen LogP contribution in [0.25, 0.3) is 0 Å². The van der Waals surface area contributed by atoms with Crippen LogP contribution in [0.5, 0.6) is 0 Å². The molecule has 1 aromatic carbocycles. The van der Waals surface area contributed by atoms with E-state index in [0.29, 0.717) is 19.5 Å². The average molecular weight is 290 g/mol. The quantitative estimate of drug-likeness (QED) is 0.839. The number of benzene rings is 1. The fourth-order valence-electron chi connectivity index (χ4n) is 2.15. The molecular weight excluding hydrogens is 264 g/mol. The third kappa shape index (κ3) is 5.21. The van der Waals surface area contributed by atoms with E-state index in [1.165, 1.54) is 5.56 Å². The first kappa shape index (κ1) is 17.2. The van der Waals surface area contributed by atoms with E-state index >= 15 is 0 Å². The number of amides is 2. The first-order valence-electron chi connectivity index (χ1n) is 7.62. The predicted octanol–water partition coefficient (Wildman–Crippen LogP) is 2.65. The zero-order chi connectivity index (χ0) is 15.8. The zero-order valence-electron chi connectivity index (χ0n) is 13.5. The van der Waals surface area contributed by atoms with Crippen LogP contribution in [0, 0.1) is 6.92 Å². The molecule has 0 saturated heterocycles. The Morgan fingerprint density at radius 2 is 1.81 bits per heavy atom. The van der Waals surface area contributed by atoms with Crippen LogP contribution in [0.4, 0.5) is 0 Å². The molecule has 0 bridgehead atoms. The SMILES string of the molecule is CCCC(=O)N(Cc1ccc(C)cc1)[C@H](C)C(=O)NCC. The first-order chi connectivity index (χ1) is 9.99. The standard InChI is InChI=1S/C17H26N2O2/c1-5-7-16(20)19(14(4)17(21)18-6-2)12-15-10-8-13(3)9-11-15/h8-11,14H,5-7,12H2,1-4H3,(H,18,21)/t14-/m1/s1. The maximum Gasteiger partial charge on any atom is 0.242 e. The zero-order valence-corrected chi connectivity index (χ0v) is 13.5. The van der Waals surface area contributed by atoms with E-state index in [-0.39, 0.29) is 11.8 Å². The summed E-state index contributed by atoms with van der Waals surface area (Å²) in [6.45, 7) is 8.70. The van der Waals surface area contributed by atoms with Gasteiger partial charge >= 0.3 is 0 Å². The summed E-state index contributed by atoms with van der Waals surface area (Å²) in [5.74, 6) is -0.0779. The number of nitrogens with one attached hydrogen (secondary N) is 1. The molecule has 0 aliphatic heterocycles. The Labute approximate surface area is 127 Å². The Kier molecular flexibility index (Phi) is 6.92. The number of hydrogen-bond donors (Lipinski definition) is 1. The van der Waals surface area contributed by atoms with Crippen LogP contribution < -0.4 is 5.32 Å². The third-order valence-electron chi connectivity index (χ3n) is 3.46. The van der Waals surface area contributed by atoms with Gasteiger partial charge in [-0.1, -0.05) is 36.8 Å². The lowest BCUT2D eigenvalue weighted by molar-refractivity contribution is -0.140. The molecule has 1 aromatic rings. The molecule has 4 heteroatoms. The van der Waals surface area contributed by atoms with Crippen molar-refractivity contribution in [3.63, 3.8) is 0 Å². The minimum Gasteiger partial charge on any atom is -0.355 e. The molecule has 1 N–H and O–H groups in total. The second-order valence-corrected chi connectivity index (χ2v) is 5.33. The Balaban J connectivity index is 2.88. The largest absolute Gasteiger partial charge is 0.355 e. The van der Waals surface area contributed by atoms with Gasteiger partial charge in [-0.2, -0.15) is 0 Å². The maximum absolute atomic E-state index is 12.3. The summed E-state index contributed by atoms with van der Waals surface area (Å²) in [5.41, 5.74) is 2.23. The van der Waals surface area contributed by atoms with Gasteiger partial charge in [0.1, 0.15) is 6.04 Å². The van der Waals surface area contributed by atoms with E-state index < -0.39 is 6.04 Å². The van der Waals surface area contributed by atoms with Crippen molar-refractivity contribution in [2.75, 3.05) is 6.54 Å². The molecule has 1 atom stereocenters. The molecule has 0 heterocycles. The van der Waals surface area contributed by atoms with E-state index in [4.69, 9.17) is 0 Å². The lowest BCUT2D eigenvalue weighted by Crippen LogP contribution is -2.47. The molecule has 0 aliphatic carbocycles. The fourth-order valence-corrected chi connectivity index (χ4v) is 2.15. The Hall–Kier alpha value is -1.84. The van der Waals surface area contributed by atoms with Crippen molar-refractivity contribution < 1.29 is 9.59 Å². The Bertz CT molecular complexity index is 468. The van der Waals surface area contributed by atoms with Crippen LogP contribution in [0.15, 0.2) is 24.3 Å². The third-order valence-corrected chi connectivity index (χ3v) is 3.46. The van der Waals surface area contributed by atoms with E-state index in [1.807, 2.05) is 45.0 Å². The summed E-state index contributed by atoms with van der Waals surface area (Å²) < 4.78 is 0. The number of nitrogens with zero attached hydrogens (tertiary/aromatic N) is 1. The Morgan fingerprint density at radius 1 is 1.19 bits per heavy atom. The number of aryl methyl sites for hydroxylation is 1. The number of likely N-dealkylation sites (N-methyl/N-ethyl adjacent to an activating group) is 1. The molecule has 0 spiro atoms. The Morgan fingerprint density at radius 3 is 2.33 bits per heavy atom. The summed E-state index contributed by atoms with van der Waals surface area (Å²) in [5, 5.41) is 2.78. The van der Waals surface area contributed by atoms with Gasteiger partial charge in [0.15, 0.2) is 0 Å². The van der Waals surface area contributed by atoms with E-state index in [2.05, 4.69) is 5.32 Å². The lowest BCUT2D eigenvalue weighted by atomic mass is 10.1. The number of rotatable bonds is 7. The molecule has 0 fully saturated rings. The van der Waals surface area contributed by atoms with Crippen molar-refractivity contribution in [3.05, 3.63) is 35.4 Å². The second kappa shape index (κ2) is 8.45. The lowest BCUT2D eigenvalue weighted by Gasteiger charge is -2.28. The van der Waals surface area contributed by atoms with Crippen molar-refractivity contribution in [1.29, 1.82) is 0 Å². The summed E-state index contributed by atoms with van der Waals surface area (Å²) in [6.07, 6.45) is 1.25. The summed E-state index contributed by atoms with van der Waals surface area (Å²) in [7, 11) is 0. The molecule has 116 valence electrons. The van der Waals surface area contributed by atoms with Crippen molar-refractivity contribution in [2.24, 2.45) is 0 Å². The summed E-state index contributed by atoms with van der Waals surface area (Å²) in [4.78, 5) is 26.0. The minimum absolute atomic E-state index is 0.0248. The molecule has 1 rings (SSSR count). The molecule has 0 saturated carbocycles. The van der Waals surface area contributed by atoms with Gasteiger partial charge < -0.3 is 10.2 Å². The molecular formula is C17H26N2O2. The molecule has 0 aromatic heterocycles. The van der Waals surface area contributed by atoms with Crippen LogP contribution in [0.2, 0.25) is 0 Å². The molecule has 2 amide bonds. The van der Waals surface area contributed by atoms with Crippen LogP contribution >= 0.6 is 0 Å². The molecule has 4 nitrogen and oxygen atoms in total. The van der Waals surface area contributed by atoms with E-state index in [0.717, 1.165) is 12.0 Å². The normalized spacial score (nSPS) is 11.8. The maximum atomic E-state index is 12.3. The number of carbonyl (C=O) groups is 2. The smallest absolute Gasteiger partial charge is 0.242 e. The molecule has 0 unspecified atom stereocenters. The highest BCUT2D eigenvalue weighted by Gasteiger charge is 2.24. The van der Waals surface area contributed by atoms with Gasteiger partial charge in [0.2, 0.25) is 11.8 Å².